The van der Waals surface area contributed by atoms with Crippen molar-refractivity contribution in [3.63, 3.8) is 0 Å². The molecule has 5 nitrogen and oxygen atoms in total. The second-order valence-electron chi connectivity index (χ2n) is 6.15. The zero-order valence-electron chi connectivity index (χ0n) is 14.1. The molecule has 0 saturated heterocycles. The van der Waals surface area contributed by atoms with Gasteiger partial charge >= 0.3 is 0 Å². The Kier molecular flexibility index (Phi) is 4.95. The molecule has 0 aliphatic carbocycles. The van der Waals surface area contributed by atoms with Crippen molar-refractivity contribution in [2.45, 2.75) is 12.0 Å². The Hall–Kier alpha value is -2.92. The van der Waals surface area contributed by atoms with Crippen molar-refractivity contribution in [1.29, 1.82) is 0 Å². The minimum Gasteiger partial charge on any atom is -0.383 e. The van der Waals surface area contributed by atoms with Crippen LogP contribution in [0, 0.1) is 0 Å². The molecule has 1 amide bonds. The Morgan fingerprint density at radius 1 is 1.12 bits per heavy atom. The summed E-state index contributed by atoms with van der Waals surface area (Å²) in [6.07, 6.45) is 3.56. The van der Waals surface area contributed by atoms with E-state index in [0.29, 0.717) is 12.0 Å². The van der Waals surface area contributed by atoms with Gasteiger partial charge in [0.25, 0.3) is 5.91 Å². The Bertz CT molecular complexity index is 830. The van der Waals surface area contributed by atoms with Gasteiger partial charge in [-0.25, -0.2) is 0 Å². The average molecular weight is 335 g/mol. The van der Waals surface area contributed by atoms with Crippen LogP contribution in [0.25, 0.3) is 0 Å². The van der Waals surface area contributed by atoms with Gasteiger partial charge in [-0.3, -0.25) is 9.48 Å². The zero-order valence-corrected chi connectivity index (χ0v) is 14.1. The molecule has 0 saturated carbocycles. The number of hydrogen-bond acceptors (Lipinski definition) is 3. The summed E-state index contributed by atoms with van der Waals surface area (Å²) in [5.74, 6) is -0.254. The number of nitrogens with one attached hydrogen (secondary N) is 1. The van der Waals surface area contributed by atoms with Crippen LogP contribution in [-0.4, -0.2) is 27.3 Å². The predicted octanol–water partition coefficient (Wildman–Crippen LogP) is 2.28. The Labute approximate surface area is 146 Å². The van der Waals surface area contributed by atoms with E-state index in [-0.39, 0.29) is 12.5 Å². The smallest absolute Gasteiger partial charge is 0.254 e. The van der Waals surface area contributed by atoms with Crippen LogP contribution in [0.1, 0.15) is 21.5 Å². The number of carbonyl (C=O) groups is 1. The molecule has 5 heteroatoms. The predicted molar refractivity (Wildman–Crippen MR) is 96.0 cm³/mol. The molecule has 1 unspecified atom stereocenters. The first kappa shape index (κ1) is 16.9. The van der Waals surface area contributed by atoms with E-state index in [9.17, 15) is 9.90 Å². The second-order valence-corrected chi connectivity index (χ2v) is 6.15. The van der Waals surface area contributed by atoms with Gasteiger partial charge in [-0.2, -0.15) is 5.10 Å². The fourth-order valence-electron chi connectivity index (χ4n) is 2.82. The number of nitrogens with zero attached hydrogens (tertiary/aromatic N) is 2. The molecule has 0 spiro atoms. The molecule has 2 N–H and O–H groups in total. The van der Waals surface area contributed by atoms with Crippen LogP contribution < -0.4 is 5.32 Å². The number of aliphatic hydroxyl groups is 1. The van der Waals surface area contributed by atoms with Gasteiger partial charge in [0.2, 0.25) is 0 Å². The summed E-state index contributed by atoms with van der Waals surface area (Å²) >= 11 is 0. The highest BCUT2D eigenvalue weighted by molar-refractivity contribution is 5.93. The summed E-state index contributed by atoms with van der Waals surface area (Å²) in [5.41, 5.74) is 1.05. The molecule has 25 heavy (non-hydrogen) atoms. The highest BCUT2D eigenvalue weighted by Crippen LogP contribution is 2.25. The third kappa shape index (κ3) is 4.14. The van der Waals surface area contributed by atoms with Crippen molar-refractivity contribution in [2.75, 3.05) is 6.54 Å². The lowest BCUT2D eigenvalue weighted by Crippen LogP contribution is -2.42. The monoisotopic (exact) mass is 335 g/mol. The second kappa shape index (κ2) is 7.32. The third-order valence-corrected chi connectivity index (χ3v) is 4.16. The van der Waals surface area contributed by atoms with Crippen LogP contribution in [0.2, 0.25) is 0 Å². The van der Waals surface area contributed by atoms with E-state index in [0.717, 1.165) is 11.1 Å². The van der Waals surface area contributed by atoms with Crippen LogP contribution in [0.4, 0.5) is 0 Å². The van der Waals surface area contributed by atoms with Gasteiger partial charge in [0.1, 0.15) is 5.60 Å². The van der Waals surface area contributed by atoms with E-state index < -0.39 is 5.60 Å². The first-order valence-electron chi connectivity index (χ1n) is 8.15. The highest BCUT2D eigenvalue weighted by atomic mass is 16.3. The average Bonchev–Trinajstić information content (AvgIpc) is 3.08. The van der Waals surface area contributed by atoms with Crippen LogP contribution in [-0.2, 0) is 19.1 Å². The maximum absolute atomic E-state index is 12.3. The molecular weight excluding hydrogens is 314 g/mol. The normalized spacial score (nSPS) is 13.2. The topological polar surface area (TPSA) is 67.2 Å². The number of hydrogen-bond donors (Lipinski definition) is 2. The number of amides is 1. The number of aromatic nitrogens is 2. The third-order valence-electron chi connectivity index (χ3n) is 4.16. The number of rotatable bonds is 6. The first-order valence-corrected chi connectivity index (χ1v) is 8.15. The molecule has 0 aliphatic rings. The summed E-state index contributed by atoms with van der Waals surface area (Å²) in [4.78, 5) is 12.3. The van der Waals surface area contributed by atoms with Gasteiger partial charge in [0, 0.05) is 19.7 Å². The molecule has 128 valence electrons. The van der Waals surface area contributed by atoms with Gasteiger partial charge in [0.15, 0.2) is 0 Å². The largest absolute Gasteiger partial charge is 0.383 e. The van der Waals surface area contributed by atoms with E-state index in [2.05, 4.69) is 10.4 Å². The molecule has 2 aromatic carbocycles. The molecule has 0 bridgehead atoms. The van der Waals surface area contributed by atoms with E-state index in [1.54, 1.807) is 17.9 Å². The molecule has 0 radical (unpaired) electrons. The van der Waals surface area contributed by atoms with Crippen LogP contribution in [0.3, 0.4) is 0 Å². The Morgan fingerprint density at radius 2 is 1.76 bits per heavy atom. The standard InChI is InChI=1S/C20H21N3O2/c1-23-14-17(13-22-23)19(24)21-15-20(25,18-10-6-3-7-11-18)12-16-8-4-2-5-9-16/h2-11,13-14,25H,12,15H2,1H3,(H,21,24). The van der Waals surface area contributed by atoms with E-state index >= 15 is 0 Å². The molecule has 1 atom stereocenters. The summed E-state index contributed by atoms with van der Waals surface area (Å²) in [7, 11) is 1.76. The SMILES string of the molecule is Cn1cc(C(=O)NCC(O)(Cc2ccccc2)c2ccccc2)cn1. The lowest BCUT2D eigenvalue weighted by Gasteiger charge is -2.29. The van der Waals surface area contributed by atoms with Crippen molar-refractivity contribution in [3.8, 4) is 0 Å². The van der Waals surface area contributed by atoms with E-state index in [1.165, 1.54) is 6.20 Å². The molecule has 3 aromatic rings. The maximum atomic E-state index is 12.3. The van der Waals surface area contributed by atoms with Gasteiger partial charge in [-0.05, 0) is 11.1 Å². The van der Waals surface area contributed by atoms with Crippen molar-refractivity contribution < 1.29 is 9.90 Å². The van der Waals surface area contributed by atoms with Gasteiger partial charge < -0.3 is 10.4 Å². The molecular formula is C20H21N3O2. The summed E-state index contributed by atoms with van der Waals surface area (Å²) in [6, 6.07) is 19.2. The minimum absolute atomic E-state index is 0.111. The highest BCUT2D eigenvalue weighted by Gasteiger charge is 2.30. The molecule has 0 fully saturated rings. The lowest BCUT2D eigenvalue weighted by molar-refractivity contribution is 0.0353. The minimum atomic E-state index is -1.19. The van der Waals surface area contributed by atoms with Crippen molar-refractivity contribution >= 4 is 5.91 Å². The van der Waals surface area contributed by atoms with E-state index in [4.69, 9.17) is 0 Å². The van der Waals surface area contributed by atoms with Crippen LogP contribution in [0.15, 0.2) is 73.1 Å². The fourth-order valence-corrected chi connectivity index (χ4v) is 2.82. The van der Waals surface area contributed by atoms with Crippen molar-refractivity contribution in [1.82, 2.24) is 15.1 Å². The van der Waals surface area contributed by atoms with Gasteiger partial charge in [0.05, 0.1) is 18.3 Å². The number of aryl methyl sites for hydroxylation is 1. The molecule has 0 aliphatic heterocycles. The zero-order chi connectivity index (χ0) is 17.7. The number of benzene rings is 2. The number of carbonyl (C=O) groups excluding carboxylic acids is 1. The van der Waals surface area contributed by atoms with Gasteiger partial charge in [-0.1, -0.05) is 60.7 Å². The molecule has 1 heterocycles. The summed E-state index contributed by atoms with van der Waals surface area (Å²) < 4.78 is 1.57. The first-order chi connectivity index (χ1) is 12.1. The Morgan fingerprint density at radius 3 is 2.36 bits per heavy atom. The quantitative estimate of drug-likeness (QED) is 0.726. The van der Waals surface area contributed by atoms with Crippen LogP contribution in [0.5, 0.6) is 0 Å². The summed E-state index contributed by atoms with van der Waals surface area (Å²) in [5, 5.41) is 18.1. The fraction of sp³-hybridized carbons (Fsp3) is 0.200. The van der Waals surface area contributed by atoms with Gasteiger partial charge in [-0.15, -0.1) is 0 Å². The summed E-state index contributed by atoms with van der Waals surface area (Å²) in [6.45, 7) is 0.111. The van der Waals surface area contributed by atoms with Crippen LogP contribution >= 0.6 is 0 Å². The molecule has 3 rings (SSSR count). The van der Waals surface area contributed by atoms with Crippen molar-refractivity contribution in [2.24, 2.45) is 7.05 Å². The van der Waals surface area contributed by atoms with Crippen molar-refractivity contribution in [3.05, 3.63) is 89.7 Å². The maximum Gasteiger partial charge on any atom is 0.254 e. The lowest BCUT2D eigenvalue weighted by atomic mass is 9.87. The molecule has 1 aromatic heterocycles. The van der Waals surface area contributed by atoms with E-state index in [1.807, 2.05) is 60.7 Å². The Balaban J connectivity index is 1.80.